The highest BCUT2D eigenvalue weighted by Gasteiger charge is 2.17. The molecule has 2 aromatic rings. The molecule has 2 N–H and O–H groups in total. The Balaban J connectivity index is 2.26. The quantitative estimate of drug-likeness (QED) is 0.799. The summed E-state index contributed by atoms with van der Waals surface area (Å²) in [6.45, 7) is 0. The van der Waals surface area contributed by atoms with Crippen molar-refractivity contribution in [3.05, 3.63) is 62.3 Å². The molecule has 0 bridgehead atoms. The minimum absolute atomic E-state index is 0.0356. The molecule has 0 fully saturated rings. The molecule has 0 saturated carbocycles. The molecule has 1 aromatic carbocycles. The molecule has 2 nitrogen and oxygen atoms in total. The molecule has 0 aliphatic rings. The Morgan fingerprint density at radius 3 is 2.53 bits per heavy atom. The second-order valence-corrected chi connectivity index (χ2v) is 5.80. The number of halogens is 4. The van der Waals surface area contributed by atoms with Gasteiger partial charge in [-0.25, -0.2) is 8.78 Å². The van der Waals surface area contributed by atoms with Crippen molar-refractivity contribution in [2.45, 2.75) is 12.5 Å². The van der Waals surface area contributed by atoms with Gasteiger partial charge in [-0.2, -0.15) is 0 Å². The number of benzene rings is 1. The fraction of sp³-hybridized carbons (Fsp3) is 0.154. The number of pyridine rings is 1. The zero-order valence-corrected chi connectivity index (χ0v) is 12.9. The van der Waals surface area contributed by atoms with E-state index in [1.807, 2.05) is 0 Å². The van der Waals surface area contributed by atoms with Crippen LogP contribution < -0.4 is 5.73 Å². The summed E-state index contributed by atoms with van der Waals surface area (Å²) in [5.74, 6) is -1.22. The van der Waals surface area contributed by atoms with E-state index < -0.39 is 17.7 Å². The molecule has 0 saturated heterocycles. The molecule has 0 radical (unpaired) electrons. The molecule has 0 spiro atoms. The zero-order chi connectivity index (χ0) is 14.0. The van der Waals surface area contributed by atoms with Crippen LogP contribution in [0.3, 0.4) is 0 Å². The Morgan fingerprint density at radius 2 is 1.89 bits per heavy atom. The van der Waals surface area contributed by atoms with Crippen LogP contribution in [0.5, 0.6) is 0 Å². The lowest BCUT2D eigenvalue weighted by atomic mass is 10.0. The number of hydrogen-bond donors (Lipinski definition) is 1. The Kier molecular flexibility index (Phi) is 4.65. The molecule has 0 amide bonds. The fourth-order valence-corrected chi connectivity index (χ4v) is 2.29. The van der Waals surface area contributed by atoms with Gasteiger partial charge in [0.15, 0.2) is 0 Å². The van der Waals surface area contributed by atoms with Gasteiger partial charge in [-0.1, -0.05) is 0 Å². The van der Waals surface area contributed by atoms with Crippen molar-refractivity contribution < 1.29 is 8.78 Å². The van der Waals surface area contributed by atoms with E-state index in [0.29, 0.717) is 5.69 Å². The maximum atomic E-state index is 13.8. The molecule has 1 aromatic heterocycles. The van der Waals surface area contributed by atoms with Crippen molar-refractivity contribution >= 4 is 31.9 Å². The van der Waals surface area contributed by atoms with Gasteiger partial charge in [-0.05, 0) is 62.5 Å². The van der Waals surface area contributed by atoms with Crippen molar-refractivity contribution in [3.8, 4) is 0 Å². The lowest BCUT2D eigenvalue weighted by Gasteiger charge is -2.13. The van der Waals surface area contributed by atoms with Crippen molar-refractivity contribution in [3.63, 3.8) is 0 Å². The molecule has 1 atom stereocenters. The van der Waals surface area contributed by atoms with E-state index in [1.165, 1.54) is 12.1 Å². The third-order valence-electron chi connectivity index (χ3n) is 2.69. The number of nitrogens with zero attached hydrogens (tertiary/aromatic N) is 1. The second-order valence-electron chi connectivity index (χ2n) is 4.03. The molecular formula is C13H10Br2F2N2. The molecule has 0 aliphatic carbocycles. The standard InChI is InChI=1S/C13H10Br2F2N2/c14-7-1-4-12(19-6-7)11(18)5-8-10(16)3-2-9(15)13(8)17/h1-4,6,11H,5,18H2. The van der Waals surface area contributed by atoms with E-state index >= 15 is 0 Å². The minimum Gasteiger partial charge on any atom is -0.322 e. The molecule has 1 heterocycles. The van der Waals surface area contributed by atoms with Crippen LogP contribution in [0.4, 0.5) is 8.78 Å². The number of rotatable bonds is 3. The summed E-state index contributed by atoms with van der Waals surface area (Å²) >= 11 is 6.30. The summed E-state index contributed by atoms with van der Waals surface area (Å²) < 4.78 is 28.5. The molecule has 19 heavy (non-hydrogen) atoms. The van der Waals surface area contributed by atoms with Crippen LogP contribution in [0.15, 0.2) is 39.4 Å². The predicted octanol–water partition coefficient (Wildman–Crippen LogP) is 4.13. The van der Waals surface area contributed by atoms with E-state index in [2.05, 4.69) is 36.8 Å². The first-order chi connectivity index (χ1) is 8.99. The van der Waals surface area contributed by atoms with Crippen LogP contribution in [-0.2, 0) is 6.42 Å². The van der Waals surface area contributed by atoms with E-state index in [9.17, 15) is 8.78 Å². The normalized spacial score (nSPS) is 12.5. The first-order valence-electron chi connectivity index (χ1n) is 5.48. The van der Waals surface area contributed by atoms with Gasteiger partial charge >= 0.3 is 0 Å². The highest BCUT2D eigenvalue weighted by molar-refractivity contribution is 9.10. The van der Waals surface area contributed by atoms with Crippen molar-refractivity contribution in [2.75, 3.05) is 0 Å². The van der Waals surface area contributed by atoms with Crippen molar-refractivity contribution in [2.24, 2.45) is 5.73 Å². The van der Waals surface area contributed by atoms with E-state index in [4.69, 9.17) is 5.73 Å². The SMILES string of the molecule is NC(Cc1c(F)ccc(Br)c1F)c1ccc(Br)cn1. The average Bonchev–Trinajstić information content (AvgIpc) is 2.40. The number of hydrogen-bond acceptors (Lipinski definition) is 2. The van der Waals surface area contributed by atoms with Gasteiger partial charge in [0.05, 0.1) is 16.2 Å². The van der Waals surface area contributed by atoms with Crippen LogP contribution in [0.25, 0.3) is 0 Å². The molecule has 6 heteroatoms. The molecule has 2 rings (SSSR count). The number of nitrogens with two attached hydrogens (primary N) is 1. The van der Waals surface area contributed by atoms with Gasteiger partial charge in [0.2, 0.25) is 0 Å². The topological polar surface area (TPSA) is 38.9 Å². The second kappa shape index (κ2) is 6.07. The monoisotopic (exact) mass is 390 g/mol. The summed E-state index contributed by atoms with van der Waals surface area (Å²) in [6, 6.07) is 5.49. The smallest absolute Gasteiger partial charge is 0.143 e. The summed E-state index contributed by atoms with van der Waals surface area (Å²) in [6.07, 6.45) is 1.65. The first-order valence-corrected chi connectivity index (χ1v) is 7.07. The lowest BCUT2D eigenvalue weighted by Crippen LogP contribution is -2.16. The van der Waals surface area contributed by atoms with Crippen LogP contribution in [0.2, 0.25) is 0 Å². The molecule has 1 unspecified atom stereocenters. The minimum atomic E-state index is -0.618. The largest absolute Gasteiger partial charge is 0.322 e. The van der Waals surface area contributed by atoms with Crippen LogP contribution in [0.1, 0.15) is 17.3 Å². The predicted molar refractivity (Wildman–Crippen MR) is 76.6 cm³/mol. The van der Waals surface area contributed by atoms with Crippen molar-refractivity contribution in [1.82, 2.24) is 4.98 Å². The van der Waals surface area contributed by atoms with E-state index in [-0.39, 0.29) is 16.5 Å². The van der Waals surface area contributed by atoms with Crippen LogP contribution >= 0.6 is 31.9 Å². The van der Waals surface area contributed by atoms with Gasteiger partial charge < -0.3 is 5.73 Å². The highest BCUT2D eigenvalue weighted by Crippen LogP contribution is 2.25. The fourth-order valence-electron chi connectivity index (χ4n) is 1.69. The summed E-state index contributed by atoms with van der Waals surface area (Å²) in [5.41, 5.74) is 6.49. The Morgan fingerprint density at radius 1 is 1.16 bits per heavy atom. The van der Waals surface area contributed by atoms with E-state index in [0.717, 1.165) is 4.47 Å². The zero-order valence-electron chi connectivity index (χ0n) is 9.71. The van der Waals surface area contributed by atoms with E-state index in [1.54, 1.807) is 18.3 Å². The molecule has 0 aliphatic heterocycles. The lowest BCUT2D eigenvalue weighted by molar-refractivity contribution is 0.533. The first kappa shape index (κ1) is 14.6. The van der Waals surface area contributed by atoms with Gasteiger partial charge in [0, 0.05) is 16.2 Å². The van der Waals surface area contributed by atoms with Crippen molar-refractivity contribution in [1.29, 1.82) is 0 Å². The van der Waals surface area contributed by atoms with Gasteiger partial charge in [0.25, 0.3) is 0 Å². The summed E-state index contributed by atoms with van der Waals surface area (Å²) in [5, 5.41) is 0. The molecule has 100 valence electrons. The average molecular weight is 392 g/mol. The molecular weight excluding hydrogens is 382 g/mol. The van der Waals surface area contributed by atoms with Gasteiger partial charge in [0.1, 0.15) is 11.6 Å². The van der Waals surface area contributed by atoms with Crippen LogP contribution in [0, 0.1) is 11.6 Å². The summed E-state index contributed by atoms with van der Waals surface area (Å²) in [7, 11) is 0. The maximum Gasteiger partial charge on any atom is 0.143 e. The Hall–Kier alpha value is -0.850. The van der Waals surface area contributed by atoms with Gasteiger partial charge in [-0.15, -0.1) is 0 Å². The third-order valence-corrected chi connectivity index (χ3v) is 3.77. The Labute approximate surface area is 126 Å². The third kappa shape index (κ3) is 3.38. The Bertz CT molecular complexity index is 588. The highest BCUT2D eigenvalue weighted by atomic mass is 79.9. The summed E-state index contributed by atoms with van der Waals surface area (Å²) in [4.78, 5) is 4.13. The maximum absolute atomic E-state index is 13.8. The van der Waals surface area contributed by atoms with Gasteiger partial charge in [-0.3, -0.25) is 4.98 Å². The number of aromatic nitrogens is 1. The van der Waals surface area contributed by atoms with Crippen LogP contribution in [-0.4, -0.2) is 4.98 Å².